The molecule has 1 rings (SSSR count). The monoisotopic (exact) mass is 323 g/mol. The van der Waals surface area contributed by atoms with Crippen LogP contribution in [0, 0.1) is 5.92 Å². The Morgan fingerprint density at radius 2 is 1.96 bits per heavy atom. The van der Waals surface area contributed by atoms with Gasteiger partial charge in [-0.15, -0.1) is 0 Å². The van der Waals surface area contributed by atoms with E-state index in [1.54, 1.807) is 32.0 Å². The van der Waals surface area contributed by atoms with Gasteiger partial charge in [0, 0.05) is 0 Å². The van der Waals surface area contributed by atoms with Crippen LogP contribution in [0.1, 0.15) is 32.8 Å². The minimum Gasteiger partial charge on any atom is -0.493 e. The predicted octanol–water partition coefficient (Wildman–Crippen LogP) is 2.25. The fourth-order valence-corrected chi connectivity index (χ4v) is 2.08. The average Bonchev–Trinajstić information content (AvgIpc) is 2.50. The lowest BCUT2D eigenvalue weighted by Crippen LogP contribution is -2.44. The van der Waals surface area contributed by atoms with E-state index in [1.807, 2.05) is 6.92 Å². The highest BCUT2D eigenvalue weighted by molar-refractivity contribution is 5.85. The van der Waals surface area contributed by atoms with E-state index >= 15 is 0 Å². The van der Waals surface area contributed by atoms with Gasteiger partial charge in [0.1, 0.15) is 6.04 Å². The maximum atomic E-state index is 12.0. The van der Waals surface area contributed by atoms with E-state index in [0.29, 0.717) is 18.1 Å². The molecule has 0 fully saturated rings. The number of carboxylic acids is 1. The van der Waals surface area contributed by atoms with Crippen molar-refractivity contribution in [2.24, 2.45) is 5.92 Å². The van der Waals surface area contributed by atoms with Gasteiger partial charge in [0.2, 0.25) is 5.91 Å². The third-order valence-electron chi connectivity index (χ3n) is 3.30. The number of benzene rings is 1. The van der Waals surface area contributed by atoms with Crippen LogP contribution in [0.3, 0.4) is 0 Å². The number of rotatable bonds is 9. The molecule has 23 heavy (non-hydrogen) atoms. The summed E-state index contributed by atoms with van der Waals surface area (Å²) in [7, 11) is 1.54. The maximum Gasteiger partial charge on any atom is 0.326 e. The lowest BCUT2D eigenvalue weighted by atomic mass is 10.0. The van der Waals surface area contributed by atoms with E-state index in [2.05, 4.69) is 5.32 Å². The number of hydrogen-bond donors (Lipinski definition) is 2. The molecule has 0 bridgehead atoms. The molecule has 0 radical (unpaired) electrons. The first-order valence-electron chi connectivity index (χ1n) is 7.70. The molecule has 0 saturated heterocycles. The van der Waals surface area contributed by atoms with Gasteiger partial charge >= 0.3 is 5.97 Å². The summed E-state index contributed by atoms with van der Waals surface area (Å²) in [5.41, 5.74) is 0.732. The van der Waals surface area contributed by atoms with Crippen LogP contribution in [0.4, 0.5) is 0 Å². The first-order chi connectivity index (χ1) is 10.9. The number of amides is 1. The number of nitrogens with one attached hydrogen (secondary N) is 1. The minimum absolute atomic E-state index is 0.0842. The molecule has 0 aliphatic rings. The minimum atomic E-state index is -1.03. The summed E-state index contributed by atoms with van der Waals surface area (Å²) in [5, 5.41) is 11.6. The van der Waals surface area contributed by atoms with E-state index in [4.69, 9.17) is 14.6 Å². The number of carbonyl (C=O) groups is 2. The van der Waals surface area contributed by atoms with Crippen molar-refractivity contribution >= 4 is 11.9 Å². The summed E-state index contributed by atoms with van der Waals surface area (Å²) in [6, 6.07) is 4.37. The molecule has 6 nitrogen and oxygen atoms in total. The van der Waals surface area contributed by atoms with Crippen molar-refractivity contribution in [3.05, 3.63) is 23.8 Å². The Hall–Kier alpha value is -2.24. The normalized spacial score (nSPS) is 11.9. The Bertz CT molecular complexity index is 542. The van der Waals surface area contributed by atoms with Crippen LogP contribution >= 0.6 is 0 Å². The van der Waals surface area contributed by atoms with Crippen molar-refractivity contribution < 1.29 is 24.2 Å². The zero-order chi connectivity index (χ0) is 17.4. The lowest BCUT2D eigenvalue weighted by molar-refractivity contribution is -0.143. The van der Waals surface area contributed by atoms with Gasteiger partial charge < -0.3 is 19.9 Å². The fraction of sp³-hybridized carbons (Fsp3) is 0.529. The van der Waals surface area contributed by atoms with Gasteiger partial charge in [-0.2, -0.15) is 0 Å². The number of hydrogen-bond acceptors (Lipinski definition) is 4. The summed E-state index contributed by atoms with van der Waals surface area (Å²) in [6.45, 7) is 6.10. The number of carbonyl (C=O) groups excluding carboxylic acids is 1. The van der Waals surface area contributed by atoms with E-state index in [0.717, 1.165) is 12.0 Å². The van der Waals surface area contributed by atoms with Gasteiger partial charge in [-0.25, -0.2) is 4.79 Å². The topological polar surface area (TPSA) is 84.9 Å². The van der Waals surface area contributed by atoms with E-state index in [9.17, 15) is 9.59 Å². The summed E-state index contributed by atoms with van der Waals surface area (Å²) in [5.74, 6) is -0.369. The van der Waals surface area contributed by atoms with Gasteiger partial charge in [0.25, 0.3) is 0 Å². The van der Waals surface area contributed by atoms with Crippen LogP contribution < -0.4 is 14.8 Å². The summed E-state index contributed by atoms with van der Waals surface area (Å²) < 4.78 is 10.8. The smallest absolute Gasteiger partial charge is 0.326 e. The fourth-order valence-electron chi connectivity index (χ4n) is 2.08. The zero-order valence-corrected chi connectivity index (χ0v) is 14.1. The van der Waals surface area contributed by atoms with Crippen LogP contribution in [0.15, 0.2) is 18.2 Å². The molecule has 6 heteroatoms. The molecule has 128 valence electrons. The van der Waals surface area contributed by atoms with Gasteiger partial charge in [0.05, 0.1) is 20.1 Å². The highest BCUT2D eigenvalue weighted by Crippen LogP contribution is 2.28. The van der Waals surface area contributed by atoms with Gasteiger partial charge in [-0.3, -0.25) is 4.79 Å². The molecule has 0 saturated carbocycles. The van der Waals surface area contributed by atoms with Crippen molar-refractivity contribution in [1.82, 2.24) is 5.32 Å². The summed E-state index contributed by atoms with van der Waals surface area (Å²) >= 11 is 0. The second-order valence-electron chi connectivity index (χ2n) is 5.64. The zero-order valence-electron chi connectivity index (χ0n) is 14.1. The molecular weight excluding hydrogens is 298 g/mol. The first kappa shape index (κ1) is 18.8. The van der Waals surface area contributed by atoms with Crippen molar-refractivity contribution in [3.8, 4) is 11.5 Å². The molecule has 0 aromatic heterocycles. The van der Waals surface area contributed by atoms with Crippen molar-refractivity contribution in [3.63, 3.8) is 0 Å². The molecule has 1 aromatic carbocycles. The largest absolute Gasteiger partial charge is 0.493 e. The molecule has 0 heterocycles. The van der Waals surface area contributed by atoms with Crippen LogP contribution in [0.5, 0.6) is 11.5 Å². The lowest BCUT2D eigenvalue weighted by Gasteiger charge is -2.18. The van der Waals surface area contributed by atoms with Crippen molar-refractivity contribution in [2.75, 3.05) is 13.7 Å². The SMILES string of the molecule is CCCOc1ccc(CC(=O)NC(C(=O)O)C(C)C)cc1OC. The third kappa shape index (κ3) is 5.81. The Labute approximate surface area is 136 Å². The Morgan fingerprint density at radius 1 is 1.26 bits per heavy atom. The molecule has 0 aliphatic carbocycles. The molecule has 0 spiro atoms. The molecule has 1 aromatic rings. The van der Waals surface area contributed by atoms with E-state index in [1.165, 1.54) is 7.11 Å². The Balaban J connectivity index is 2.76. The highest BCUT2D eigenvalue weighted by atomic mass is 16.5. The quantitative estimate of drug-likeness (QED) is 0.728. The van der Waals surface area contributed by atoms with Gasteiger partial charge in [0.15, 0.2) is 11.5 Å². The number of carboxylic acid groups (broad SMARTS) is 1. The number of ether oxygens (including phenoxy) is 2. The Morgan fingerprint density at radius 3 is 2.48 bits per heavy atom. The van der Waals surface area contributed by atoms with E-state index in [-0.39, 0.29) is 18.2 Å². The predicted molar refractivity (Wildman–Crippen MR) is 86.9 cm³/mol. The molecular formula is C17H25NO5. The van der Waals surface area contributed by atoms with Crippen LogP contribution in [-0.4, -0.2) is 36.7 Å². The highest BCUT2D eigenvalue weighted by Gasteiger charge is 2.23. The molecule has 1 unspecified atom stereocenters. The van der Waals surface area contributed by atoms with Crippen LogP contribution in [0.25, 0.3) is 0 Å². The van der Waals surface area contributed by atoms with Crippen molar-refractivity contribution in [1.29, 1.82) is 0 Å². The molecule has 0 aliphatic heterocycles. The molecule has 2 N–H and O–H groups in total. The second kappa shape index (κ2) is 9.02. The number of methoxy groups -OCH3 is 1. The first-order valence-corrected chi connectivity index (χ1v) is 7.70. The summed E-state index contributed by atoms with van der Waals surface area (Å²) in [4.78, 5) is 23.2. The third-order valence-corrected chi connectivity index (χ3v) is 3.30. The maximum absolute atomic E-state index is 12.0. The average molecular weight is 323 g/mol. The standard InChI is InChI=1S/C17H25NO5/c1-5-8-23-13-7-6-12(9-14(13)22-4)10-15(19)18-16(11(2)3)17(20)21/h6-7,9,11,16H,5,8,10H2,1-4H3,(H,18,19)(H,20,21). The number of aliphatic carboxylic acids is 1. The second-order valence-corrected chi connectivity index (χ2v) is 5.64. The molecule has 1 atom stereocenters. The Kier molecular flexibility index (Phi) is 7.38. The van der Waals surface area contributed by atoms with Gasteiger partial charge in [-0.1, -0.05) is 26.8 Å². The van der Waals surface area contributed by atoms with Crippen molar-refractivity contribution in [2.45, 2.75) is 39.7 Å². The van der Waals surface area contributed by atoms with Crippen LogP contribution in [0.2, 0.25) is 0 Å². The molecule has 1 amide bonds. The summed E-state index contributed by atoms with van der Waals surface area (Å²) in [6.07, 6.45) is 0.972. The van der Waals surface area contributed by atoms with E-state index < -0.39 is 12.0 Å². The van der Waals surface area contributed by atoms with Gasteiger partial charge in [-0.05, 0) is 30.0 Å². The van der Waals surface area contributed by atoms with Crippen LogP contribution in [-0.2, 0) is 16.0 Å².